The molecule has 0 spiro atoms. The van der Waals surface area contributed by atoms with Gasteiger partial charge < -0.3 is 10.5 Å². The van der Waals surface area contributed by atoms with Gasteiger partial charge in [0.1, 0.15) is 6.07 Å². The number of hydrogen-bond donors (Lipinski definition) is 1. The molecule has 2 N–H and O–H groups in total. The maximum Gasteiger partial charge on any atom is 0.182 e. The summed E-state index contributed by atoms with van der Waals surface area (Å²) >= 11 is 0. The Kier molecular flexibility index (Phi) is 3.37. The van der Waals surface area contributed by atoms with Gasteiger partial charge in [0.05, 0.1) is 6.10 Å². The molecule has 1 heterocycles. The SMILES string of the molecule is N#Cc1ncccc1OC1CCC(N)CC1. The molecule has 84 valence electrons. The predicted molar refractivity (Wildman–Crippen MR) is 59.8 cm³/mol. The molecule has 1 fully saturated rings. The maximum absolute atomic E-state index is 8.88. The number of aromatic nitrogens is 1. The van der Waals surface area contributed by atoms with Gasteiger partial charge in [-0.1, -0.05) is 0 Å². The predicted octanol–water partition coefficient (Wildman–Crippen LogP) is 1.60. The van der Waals surface area contributed by atoms with E-state index in [9.17, 15) is 0 Å². The average Bonchev–Trinajstić information content (AvgIpc) is 2.33. The third-order valence-electron chi connectivity index (χ3n) is 2.89. The van der Waals surface area contributed by atoms with Gasteiger partial charge in [0.25, 0.3) is 0 Å². The molecule has 0 bridgehead atoms. The topological polar surface area (TPSA) is 71.9 Å². The Morgan fingerprint density at radius 3 is 2.81 bits per heavy atom. The van der Waals surface area contributed by atoms with E-state index in [-0.39, 0.29) is 6.10 Å². The number of pyridine rings is 1. The van der Waals surface area contributed by atoms with Gasteiger partial charge in [-0.25, -0.2) is 4.98 Å². The fraction of sp³-hybridized carbons (Fsp3) is 0.500. The van der Waals surface area contributed by atoms with E-state index in [0.717, 1.165) is 25.7 Å². The zero-order valence-corrected chi connectivity index (χ0v) is 9.10. The van der Waals surface area contributed by atoms with Gasteiger partial charge in [-0.05, 0) is 37.8 Å². The lowest BCUT2D eigenvalue weighted by Crippen LogP contribution is -2.31. The smallest absolute Gasteiger partial charge is 0.182 e. The van der Waals surface area contributed by atoms with Gasteiger partial charge in [0.2, 0.25) is 0 Å². The number of nitrogens with zero attached hydrogens (tertiary/aromatic N) is 2. The van der Waals surface area contributed by atoms with Crippen LogP contribution in [0.5, 0.6) is 5.75 Å². The van der Waals surface area contributed by atoms with Crippen LogP contribution in [0.1, 0.15) is 31.4 Å². The summed E-state index contributed by atoms with van der Waals surface area (Å²) in [4.78, 5) is 3.97. The first-order chi connectivity index (χ1) is 7.79. The van der Waals surface area contributed by atoms with E-state index in [1.54, 1.807) is 18.3 Å². The lowest BCUT2D eigenvalue weighted by Gasteiger charge is -2.26. The maximum atomic E-state index is 8.88. The van der Waals surface area contributed by atoms with Crippen LogP contribution < -0.4 is 10.5 Å². The fourth-order valence-electron chi connectivity index (χ4n) is 1.96. The minimum Gasteiger partial charge on any atom is -0.487 e. The Bertz CT molecular complexity index is 391. The average molecular weight is 217 g/mol. The van der Waals surface area contributed by atoms with Crippen LogP contribution in [0.25, 0.3) is 0 Å². The van der Waals surface area contributed by atoms with Crippen molar-refractivity contribution in [2.75, 3.05) is 0 Å². The van der Waals surface area contributed by atoms with Crippen molar-refractivity contribution in [1.82, 2.24) is 4.98 Å². The molecular formula is C12H15N3O. The number of hydrogen-bond acceptors (Lipinski definition) is 4. The lowest BCUT2D eigenvalue weighted by atomic mass is 9.94. The van der Waals surface area contributed by atoms with Crippen LogP contribution in [0.2, 0.25) is 0 Å². The Hall–Kier alpha value is -1.60. The summed E-state index contributed by atoms with van der Waals surface area (Å²) in [7, 11) is 0. The second kappa shape index (κ2) is 4.95. The van der Waals surface area contributed by atoms with Crippen LogP contribution in [-0.4, -0.2) is 17.1 Å². The van der Waals surface area contributed by atoms with Gasteiger partial charge in [-0.2, -0.15) is 5.26 Å². The molecule has 0 aromatic carbocycles. The molecule has 4 nitrogen and oxygen atoms in total. The molecule has 2 rings (SSSR count). The standard InChI is InChI=1S/C12H15N3O/c13-8-11-12(2-1-7-15-11)16-10-5-3-9(14)4-6-10/h1-2,7,9-10H,3-6,14H2. The Morgan fingerprint density at radius 1 is 1.38 bits per heavy atom. The Labute approximate surface area is 95.0 Å². The molecule has 0 atom stereocenters. The quantitative estimate of drug-likeness (QED) is 0.816. The van der Waals surface area contributed by atoms with Crippen LogP contribution in [0, 0.1) is 11.3 Å². The van der Waals surface area contributed by atoms with Gasteiger partial charge >= 0.3 is 0 Å². The molecule has 0 saturated heterocycles. The molecule has 0 radical (unpaired) electrons. The van der Waals surface area contributed by atoms with Crippen LogP contribution in [0.4, 0.5) is 0 Å². The molecule has 0 amide bonds. The summed E-state index contributed by atoms with van der Waals surface area (Å²) in [6.07, 6.45) is 5.68. The summed E-state index contributed by atoms with van der Waals surface area (Å²) in [5.74, 6) is 0.588. The molecule has 0 aliphatic heterocycles. The molecule has 1 saturated carbocycles. The molecule has 1 aromatic heterocycles. The molecule has 16 heavy (non-hydrogen) atoms. The van der Waals surface area contributed by atoms with Crippen LogP contribution in [-0.2, 0) is 0 Å². The normalized spacial score (nSPS) is 24.8. The Balaban J connectivity index is 2.01. The number of ether oxygens (including phenoxy) is 1. The van der Waals surface area contributed by atoms with Gasteiger partial charge in [0.15, 0.2) is 11.4 Å². The minimum absolute atomic E-state index is 0.177. The van der Waals surface area contributed by atoms with Crippen LogP contribution in [0.15, 0.2) is 18.3 Å². The van der Waals surface area contributed by atoms with E-state index in [2.05, 4.69) is 4.98 Å². The lowest BCUT2D eigenvalue weighted by molar-refractivity contribution is 0.146. The third kappa shape index (κ3) is 2.50. The van der Waals surface area contributed by atoms with Gasteiger partial charge in [-0.3, -0.25) is 0 Å². The minimum atomic E-state index is 0.177. The molecule has 1 aromatic rings. The van der Waals surface area contributed by atoms with Gasteiger partial charge in [-0.15, -0.1) is 0 Å². The second-order valence-corrected chi connectivity index (χ2v) is 4.12. The van der Waals surface area contributed by atoms with Crippen molar-refractivity contribution >= 4 is 0 Å². The van der Waals surface area contributed by atoms with Crippen molar-refractivity contribution in [2.45, 2.75) is 37.8 Å². The summed E-state index contributed by atoms with van der Waals surface area (Å²) in [5, 5.41) is 8.88. The largest absolute Gasteiger partial charge is 0.487 e. The first-order valence-corrected chi connectivity index (χ1v) is 5.57. The highest BCUT2D eigenvalue weighted by Gasteiger charge is 2.20. The first kappa shape index (κ1) is 10.9. The third-order valence-corrected chi connectivity index (χ3v) is 2.89. The van der Waals surface area contributed by atoms with Crippen molar-refractivity contribution in [3.63, 3.8) is 0 Å². The van der Waals surface area contributed by atoms with Crippen molar-refractivity contribution in [2.24, 2.45) is 5.73 Å². The summed E-state index contributed by atoms with van der Waals surface area (Å²) in [6.45, 7) is 0. The number of nitrogens with two attached hydrogens (primary N) is 1. The van der Waals surface area contributed by atoms with E-state index >= 15 is 0 Å². The zero-order chi connectivity index (χ0) is 11.4. The van der Waals surface area contributed by atoms with Crippen LogP contribution >= 0.6 is 0 Å². The highest BCUT2D eigenvalue weighted by atomic mass is 16.5. The van der Waals surface area contributed by atoms with E-state index in [4.69, 9.17) is 15.7 Å². The first-order valence-electron chi connectivity index (χ1n) is 5.57. The highest BCUT2D eigenvalue weighted by Crippen LogP contribution is 2.24. The summed E-state index contributed by atoms with van der Waals surface area (Å²) < 4.78 is 5.79. The van der Waals surface area contributed by atoms with Crippen molar-refractivity contribution in [3.8, 4) is 11.8 Å². The molecule has 1 aliphatic carbocycles. The van der Waals surface area contributed by atoms with E-state index in [1.165, 1.54) is 0 Å². The van der Waals surface area contributed by atoms with Crippen LogP contribution in [0.3, 0.4) is 0 Å². The van der Waals surface area contributed by atoms with Crippen molar-refractivity contribution in [1.29, 1.82) is 5.26 Å². The summed E-state index contributed by atoms with van der Waals surface area (Å²) in [5.41, 5.74) is 6.18. The molecule has 0 unspecified atom stereocenters. The summed E-state index contributed by atoms with van der Waals surface area (Å²) in [6, 6.07) is 5.92. The van der Waals surface area contributed by atoms with Crippen molar-refractivity contribution in [3.05, 3.63) is 24.0 Å². The van der Waals surface area contributed by atoms with Gasteiger partial charge in [0, 0.05) is 12.2 Å². The van der Waals surface area contributed by atoms with E-state index in [1.807, 2.05) is 6.07 Å². The fourth-order valence-corrected chi connectivity index (χ4v) is 1.96. The number of nitriles is 1. The van der Waals surface area contributed by atoms with E-state index < -0.39 is 0 Å². The monoisotopic (exact) mass is 217 g/mol. The van der Waals surface area contributed by atoms with E-state index in [0.29, 0.717) is 17.5 Å². The molecular weight excluding hydrogens is 202 g/mol. The highest BCUT2D eigenvalue weighted by molar-refractivity contribution is 5.36. The Morgan fingerprint density at radius 2 is 2.12 bits per heavy atom. The zero-order valence-electron chi connectivity index (χ0n) is 9.10. The van der Waals surface area contributed by atoms with Crippen molar-refractivity contribution < 1.29 is 4.74 Å². The molecule has 4 heteroatoms. The number of rotatable bonds is 2. The molecule has 1 aliphatic rings. The second-order valence-electron chi connectivity index (χ2n) is 4.12.